The van der Waals surface area contributed by atoms with Crippen LogP contribution in [0, 0.1) is 6.92 Å². The van der Waals surface area contributed by atoms with Crippen molar-refractivity contribution in [2.45, 2.75) is 59.7 Å². The van der Waals surface area contributed by atoms with Gasteiger partial charge in [0.25, 0.3) is 0 Å². The van der Waals surface area contributed by atoms with Crippen molar-refractivity contribution in [1.29, 1.82) is 0 Å². The van der Waals surface area contributed by atoms with Gasteiger partial charge in [-0.15, -0.1) is 0 Å². The summed E-state index contributed by atoms with van der Waals surface area (Å²) in [5, 5.41) is 3.05. The van der Waals surface area contributed by atoms with Crippen LogP contribution in [-0.2, 0) is 0 Å². The van der Waals surface area contributed by atoms with Gasteiger partial charge in [-0.25, -0.2) is 0 Å². The van der Waals surface area contributed by atoms with E-state index in [1.165, 1.54) is 0 Å². The Morgan fingerprint density at radius 1 is 0.897 bits per heavy atom. The van der Waals surface area contributed by atoms with E-state index < -0.39 is 0 Å². The molecule has 0 saturated carbocycles. The zero-order valence-electron chi connectivity index (χ0n) is 18.8. The predicted molar refractivity (Wildman–Crippen MR) is 121 cm³/mol. The summed E-state index contributed by atoms with van der Waals surface area (Å²) >= 11 is 0. The molecule has 2 aromatic rings. The van der Waals surface area contributed by atoms with Crippen LogP contribution in [-0.4, -0.2) is 24.0 Å². The van der Waals surface area contributed by atoms with Gasteiger partial charge in [0.2, 0.25) is 0 Å². The van der Waals surface area contributed by atoms with E-state index in [0.717, 1.165) is 22.6 Å². The molecule has 0 fully saturated rings. The van der Waals surface area contributed by atoms with Crippen molar-refractivity contribution in [2.24, 2.45) is 0 Å². The van der Waals surface area contributed by atoms with E-state index in [1.807, 2.05) is 91.9 Å². The molecule has 0 amide bonds. The van der Waals surface area contributed by atoms with Gasteiger partial charge in [-0.2, -0.15) is 0 Å². The summed E-state index contributed by atoms with van der Waals surface area (Å²) in [6.07, 6.45) is 3.37. The van der Waals surface area contributed by atoms with Gasteiger partial charge >= 0.3 is 0 Å². The van der Waals surface area contributed by atoms with Crippen molar-refractivity contribution < 1.29 is 14.3 Å². The first-order valence-corrected chi connectivity index (χ1v) is 9.91. The molecule has 4 nitrogen and oxygen atoms in total. The summed E-state index contributed by atoms with van der Waals surface area (Å²) in [5.41, 5.74) is 2.61. The van der Waals surface area contributed by atoms with Crippen molar-refractivity contribution in [1.82, 2.24) is 0 Å². The summed E-state index contributed by atoms with van der Waals surface area (Å²) in [6.45, 7) is 14.0. The third kappa shape index (κ3) is 6.67. The minimum Gasteiger partial charge on any atom is -0.487 e. The third-order valence-corrected chi connectivity index (χ3v) is 4.04. The second-order valence-electron chi connectivity index (χ2n) is 9.08. The van der Waals surface area contributed by atoms with E-state index >= 15 is 0 Å². The molecule has 0 saturated heterocycles. The number of rotatable bonds is 6. The fourth-order valence-electron chi connectivity index (χ4n) is 2.77. The molecular weight excluding hydrogens is 362 g/mol. The molecule has 156 valence electrons. The van der Waals surface area contributed by atoms with Gasteiger partial charge in [-0.1, -0.05) is 6.07 Å². The SMILES string of the molecule is CNc1ccc(C(=O)C=Cc2c(OC(C)(C)C)ccc(C)c2OC(C)(C)C)cc1. The van der Waals surface area contributed by atoms with Crippen LogP contribution in [0.15, 0.2) is 42.5 Å². The molecular formula is C25H33NO3. The summed E-state index contributed by atoms with van der Waals surface area (Å²) in [4.78, 5) is 12.7. The van der Waals surface area contributed by atoms with Crippen LogP contribution in [0.1, 0.15) is 63.0 Å². The molecule has 1 N–H and O–H groups in total. The molecule has 4 heteroatoms. The highest BCUT2D eigenvalue weighted by atomic mass is 16.5. The van der Waals surface area contributed by atoms with Crippen molar-refractivity contribution >= 4 is 17.5 Å². The third-order valence-electron chi connectivity index (χ3n) is 4.04. The summed E-state index contributed by atoms with van der Waals surface area (Å²) in [6, 6.07) is 11.3. The van der Waals surface area contributed by atoms with Crippen LogP contribution >= 0.6 is 0 Å². The molecule has 2 aromatic carbocycles. The van der Waals surface area contributed by atoms with Crippen LogP contribution in [0.4, 0.5) is 5.69 Å². The average molecular weight is 396 g/mol. The fraction of sp³-hybridized carbons (Fsp3) is 0.400. The zero-order valence-corrected chi connectivity index (χ0v) is 18.8. The molecule has 0 spiro atoms. The molecule has 0 atom stereocenters. The number of ether oxygens (including phenoxy) is 2. The van der Waals surface area contributed by atoms with Crippen LogP contribution < -0.4 is 14.8 Å². The van der Waals surface area contributed by atoms with E-state index in [0.29, 0.717) is 11.3 Å². The van der Waals surface area contributed by atoms with E-state index in [-0.39, 0.29) is 17.0 Å². The monoisotopic (exact) mass is 395 g/mol. The summed E-state index contributed by atoms with van der Waals surface area (Å²) < 4.78 is 12.4. The number of ketones is 1. The number of anilines is 1. The van der Waals surface area contributed by atoms with Crippen LogP contribution in [0.2, 0.25) is 0 Å². The topological polar surface area (TPSA) is 47.6 Å². The first-order chi connectivity index (χ1) is 13.4. The van der Waals surface area contributed by atoms with Crippen LogP contribution in [0.25, 0.3) is 6.08 Å². The minimum absolute atomic E-state index is 0.0717. The number of carbonyl (C=O) groups excluding carboxylic acids is 1. The number of allylic oxidation sites excluding steroid dienone is 1. The maximum Gasteiger partial charge on any atom is 0.185 e. The highest BCUT2D eigenvalue weighted by Gasteiger charge is 2.21. The molecule has 0 radical (unpaired) electrons. The smallest absolute Gasteiger partial charge is 0.185 e. The van der Waals surface area contributed by atoms with E-state index in [4.69, 9.17) is 9.47 Å². The zero-order chi connectivity index (χ0) is 21.8. The van der Waals surface area contributed by atoms with E-state index in [1.54, 1.807) is 12.2 Å². The maximum atomic E-state index is 12.7. The Kier molecular flexibility index (Phi) is 6.78. The standard InChI is InChI=1S/C25H33NO3/c1-17-9-16-22(28-24(2,3)4)20(23(17)29-25(5,6)7)14-15-21(27)18-10-12-19(26-8)13-11-18/h9-16,26H,1-8H3. The van der Waals surface area contributed by atoms with Crippen LogP contribution in [0.3, 0.4) is 0 Å². The Morgan fingerprint density at radius 2 is 1.48 bits per heavy atom. The van der Waals surface area contributed by atoms with Crippen molar-refractivity contribution in [3.05, 3.63) is 59.2 Å². The van der Waals surface area contributed by atoms with Gasteiger partial charge in [-0.05, 0) is 96.5 Å². The van der Waals surface area contributed by atoms with Gasteiger partial charge < -0.3 is 14.8 Å². The van der Waals surface area contributed by atoms with Crippen molar-refractivity contribution in [3.8, 4) is 11.5 Å². The lowest BCUT2D eigenvalue weighted by molar-refractivity contribution is 0.104. The highest BCUT2D eigenvalue weighted by Crippen LogP contribution is 2.37. The Labute approximate surface area is 174 Å². The van der Waals surface area contributed by atoms with Gasteiger partial charge in [0.05, 0.1) is 5.56 Å². The fourth-order valence-corrected chi connectivity index (χ4v) is 2.77. The number of hydrogen-bond donors (Lipinski definition) is 1. The lowest BCUT2D eigenvalue weighted by Gasteiger charge is -2.27. The predicted octanol–water partition coefficient (Wildman–Crippen LogP) is 6.29. The van der Waals surface area contributed by atoms with E-state index in [2.05, 4.69) is 5.32 Å². The quantitative estimate of drug-likeness (QED) is 0.461. The van der Waals surface area contributed by atoms with Crippen molar-refractivity contribution in [2.75, 3.05) is 12.4 Å². The Bertz CT molecular complexity index is 882. The molecule has 0 aliphatic rings. The first-order valence-electron chi connectivity index (χ1n) is 9.91. The van der Waals surface area contributed by atoms with Gasteiger partial charge in [-0.3, -0.25) is 4.79 Å². The molecule has 0 unspecified atom stereocenters. The normalized spacial score (nSPS) is 12.1. The van der Waals surface area contributed by atoms with E-state index in [9.17, 15) is 4.79 Å². The molecule has 0 aliphatic heterocycles. The second-order valence-corrected chi connectivity index (χ2v) is 9.08. The van der Waals surface area contributed by atoms with Crippen LogP contribution in [0.5, 0.6) is 11.5 Å². The molecule has 0 aliphatic carbocycles. The molecule has 0 heterocycles. The highest BCUT2D eigenvalue weighted by molar-refractivity contribution is 6.07. The number of aryl methyl sites for hydroxylation is 1. The molecule has 29 heavy (non-hydrogen) atoms. The minimum atomic E-state index is -0.374. The Balaban J connectivity index is 2.47. The average Bonchev–Trinajstić information content (AvgIpc) is 2.61. The molecule has 0 bridgehead atoms. The lowest BCUT2D eigenvalue weighted by atomic mass is 10.0. The maximum absolute atomic E-state index is 12.7. The largest absolute Gasteiger partial charge is 0.487 e. The van der Waals surface area contributed by atoms with Gasteiger partial charge in [0.15, 0.2) is 5.78 Å². The molecule has 0 aromatic heterocycles. The van der Waals surface area contributed by atoms with Crippen molar-refractivity contribution in [3.63, 3.8) is 0 Å². The van der Waals surface area contributed by atoms with Gasteiger partial charge in [0.1, 0.15) is 22.7 Å². The second kappa shape index (κ2) is 8.73. The lowest BCUT2D eigenvalue weighted by Crippen LogP contribution is -2.25. The summed E-state index contributed by atoms with van der Waals surface area (Å²) in [7, 11) is 1.85. The number of nitrogens with one attached hydrogen (secondary N) is 1. The van der Waals surface area contributed by atoms with Gasteiger partial charge in [0, 0.05) is 18.3 Å². The number of hydrogen-bond acceptors (Lipinski definition) is 4. The Morgan fingerprint density at radius 3 is 2.00 bits per heavy atom. The number of carbonyl (C=O) groups is 1. The summed E-state index contributed by atoms with van der Waals surface area (Å²) in [5.74, 6) is 1.35. The molecule has 2 rings (SSSR count). The Hall–Kier alpha value is -2.75. The first kappa shape index (κ1) is 22.5. The number of benzene rings is 2.